The van der Waals surface area contributed by atoms with Gasteiger partial charge in [-0.1, -0.05) is 12.1 Å². The van der Waals surface area contributed by atoms with E-state index in [4.69, 9.17) is 11.5 Å². The van der Waals surface area contributed by atoms with Crippen LogP contribution in [0.3, 0.4) is 0 Å². The van der Waals surface area contributed by atoms with Crippen LogP contribution in [0, 0.1) is 0 Å². The second kappa shape index (κ2) is 4.75. The second-order valence-electron chi connectivity index (χ2n) is 4.01. The highest BCUT2D eigenvalue weighted by molar-refractivity contribution is 5.41. The Morgan fingerprint density at radius 2 is 1.47 bits per heavy atom. The number of nitrogens with two attached hydrogens (primary N) is 2. The predicted octanol–water partition coefficient (Wildman–Crippen LogP) is 2.25. The summed E-state index contributed by atoms with van der Waals surface area (Å²) in [4.78, 5) is 7.93. The van der Waals surface area contributed by atoms with E-state index in [0.29, 0.717) is 11.4 Å². The van der Waals surface area contributed by atoms with Crippen molar-refractivity contribution < 1.29 is 13.2 Å². The van der Waals surface area contributed by atoms with Gasteiger partial charge in [-0.2, -0.15) is 13.2 Å². The van der Waals surface area contributed by atoms with Gasteiger partial charge in [-0.05, 0) is 17.7 Å². The Bertz CT molecular complexity index is 558. The maximum Gasteiger partial charge on any atom is 0.416 e. The van der Waals surface area contributed by atoms with Crippen molar-refractivity contribution in [1.29, 1.82) is 0 Å². The first kappa shape index (κ1) is 13.1. The fraction of sp³-hybridized carbons (Fsp3) is 0.167. The third kappa shape index (κ3) is 3.34. The molecule has 0 aliphatic rings. The fourth-order valence-electron chi connectivity index (χ4n) is 1.61. The number of hydrogen-bond donors (Lipinski definition) is 2. The summed E-state index contributed by atoms with van der Waals surface area (Å²) in [5.74, 6) is 0.834. The highest BCUT2D eigenvalue weighted by Gasteiger charge is 2.29. The van der Waals surface area contributed by atoms with Crippen LogP contribution in [0.4, 0.5) is 24.8 Å². The standard InChI is InChI=1S/C12H11F3N4/c13-12(14,15)8-3-1-7(2-4-8)5-11-18-9(16)6-10(17)19-11/h1-4,6H,5H2,(H4,16,17,18,19). The molecule has 4 N–H and O–H groups in total. The number of benzene rings is 1. The molecule has 0 aliphatic heterocycles. The molecule has 1 heterocycles. The smallest absolute Gasteiger partial charge is 0.384 e. The van der Waals surface area contributed by atoms with E-state index in [-0.39, 0.29) is 18.1 Å². The fourth-order valence-corrected chi connectivity index (χ4v) is 1.61. The Labute approximate surface area is 107 Å². The summed E-state index contributed by atoms with van der Waals surface area (Å²) in [5.41, 5.74) is 11.0. The number of rotatable bonds is 2. The molecule has 0 spiro atoms. The lowest BCUT2D eigenvalue weighted by molar-refractivity contribution is -0.137. The van der Waals surface area contributed by atoms with Crippen LogP contribution in [-0.4, -0.2) is 9.97 Å². The highest BCUT2D eigenvalue weighted by Crippen LogP contribution is 2.29. The number of halogens is 3. The van der Waals surface area contributed by atoms with E-state index >= 15 is 0 Å². The van der Waals surface area contributed by atoms with Gasteiger partial charge < -0.3 is 11.5 Å². The van der Waals surface area contributed by atoms with Gasteiger partial charge >= 0.3 is 6.18 Å². The average molecular weight is 268 g/mol. The van der Waals surface area contributed by atoms with Crippen LogP contribution in [0.15, 0.2) is 30.3 Å². The third-order valence-electron chi connectivity index (χ3n) is 2.46. The Hall–Kier alpha value is -2.31. The van der Waals surface area contributed by atoms with Crippen molar-refractivity contribution in [3.63, 3.8) is 0 Å². The molecule has 0 radical (unpaired) electrons. The largest absolute Gasteiger partial charge is 0.416 e. The molecule has 7 heteroatoms. The van der Waals surface area contributed by atoms with E-state index < -0.39 is 11.7 Å². The summed E-state index contributed by atoms with van der Waals surface area (Å²) in [6.07, 6.45) is -4.07. The molecule has 2 rings (SSSR count). The molecule has 0 aliphatic carbocycles. The van der Waals surface area contributed by atoms with Crippen LogP contribution in [0.1, 0.15) is 17.0 Å². The van der Waals surface area contributed by atoms with E-state index in [1.807, 2.05) is 0 Å². The van der Waals surface area contributed by atoms with Crippen LogP contribution < -0.4 is 11.5 Å². The zero-order chi connectivity index (χ0) is 14.0. The number of alkyl halides is 3. The molecule has 19 heavy (non-hydrogen) atoms. The van der Waals surface area contributed by atoms with Gasteiger partial charge in [-0.15, -0.1) is 0 Å². The van der Waals surface area contributed by atoms with Crippen molar-refractivity contribution in [3.8, 4) is 0 Å². The lowest BCUT2D eigenvalue weighted by Gasteiger charge is -2.07. The molecule has 100 valence electrons. The molecule has 4 nitrogen and oxygen atoms in total. The van der Waals surface area contributed by atoms with E-state index in [2.05, 4.69) is 9.97 Å². The van der Waals surface area contributed by atoms with Crippen LogP contribution >= 0.6 is 0 Å². The normalized spacial score (nSPS) is 11.5. The lowest BCUT2D eigenvalue weighted by atomic mass is 10.1. The van der Waals surface area contributed by atoms with Crippen molar-refractivity contribution in [2.24, 2.45) is 0 Å². The Kier molecular flexibility index (Phi) is 3.28. The number of aromatic nitrogens is 2. The molecule has 0 atom stereocenters. The minimum absolute atomic E-state index is 0.231. The zero-order valence-corrected chi connectivity index (χ0v) is 9.78. The Balaban J connectivity index is 2.20. The third-order valence-corrected chi connectivity index (χ3v) is 2.46. The van der Waals surface area contributed by atoms with Gasteiger partial charge in [0.15, 0.2) is 0 Å². The van der Waals surface area contributed by atoms with Gasteiger partial charge in [0.1, 0.15) is 17.5 Å². The van der Waals surface area contributed by atoms with Crippen molar-refractivity contribution in [3.05, 3.63) is 47.3 Å². The van der Waals surface area contributed by atoms with E-state index in [1.54, 1.807) is 0 Å². The molecule has 0 unspecified atom stereocenters. The second-order valence-corrected chi connectivity index (χ2v) is 4.01. The van der Waals surface area contributed by atoms with Gasteiger partial charge in [0.05, 0.1) is 5.56 Å². The molecule has 0 amide bonds. The van der Waals surface area contributed by atoms with Gasteiger partial charge in [-0.25, -0.2) is 9.97 Å². The maximum atomic E-state index is 12.4. The SMILES string of the molecule is Nc1cc(N)nc(Cc2ccc(C(F)(F)F)cc2)n1. The van der Waals surface area contributed by atoms with Crippen LogP contribution in [0.5, 0.6) is 0 Å². The van der Waals surface area contributed by atoms with Crippen LogP contribution in [-0.2, 0) is 12.6 Å². The first-order valence-corrected chi connectivity index (χ1v) is 5.39. The molecule has 0 saturated heterocycles. The molecule has 0 fully saturated rings. The Morgan fingerprint density at radius 1 is 0.947 bits per heavy atom. The monoisotopic (exact) mass is 268 g/mol. The predicted molar refractivity (Wildman–Crippen MR) is 65.1 cm³/mol. The summed E-state index contributed by atoms with van der Waals surface area (Å²) in [6.45, 7) is 0. The van der Waals surface area contributed by atoms with Crippen molar-refractivity contribution in [1.82, 2.24) is 9.97 Å². The van der Waals surface area contributed by atoms with Crippen LogP contribution in [0.2, 0.25) is 0 Å². The summed E-state index contributed by atoms with van der Waals surface area (Å²) in [7, 11) is 0. The molecule has 1 aromatic carbocycles. The minimum Gasteiger partial charge on any atom is -0.384 e. The summed E-state index contributed by atoms with van der Waals surface area (Å²) in [6, 6.07) is 6.21. The quantitative estimate of drug-likeness (QED) is 0.875. The highest BCUT2D eigenvalue weighted by atomic mass is 19.4. The van der Waals surface area contributed by atoms with Crippen molar-refractivity contribution in [2.75, 3.05) is 11.5 Å². The van der Waals surface area contributed by atoms with Crippen molar-refractivity contribution >= 4 is 11.6 Å². The van der Waals surface area contributed by atoms with E-state index in [0.717, 1.165) is 12.1 Å². The number of hydrogen-bond acceptors (Lipinski definition) is 4. The first-order valence-electron chi connectivity index (χ1n) is 5.39. The molecule has 1 aromatic heterocycles. The molecular weight excluding hydrogens is 257 g/mol. The summed E-state index contributed by atoms with van der Waals surface area (Å²) in [5, 5.41) is 0. The number of anilines is 2. The van der Waals surface area contributed by atoms with E-state index in [9.17, 15) is 13.2 Å². The van der Waals surface area contributed by atoms with Crippen LogP contribution in [0.25, 0.3) is 0 Å². The van der Waals surface area contributed by atoms with Gasteiger partial charge in [0.2, 0.25) is 0 Å². The van der Waals surface area contributed by atoms with Gasteiger partial charge in [-0.3, -0.25) is 0 Å². The Morgan fingerprint density at radius 3 is 1.95 bits per heavy atom. The molecule has 2 aromatic rings. The molecular formula is C12H11F3N4. The summed E-state index contributed by atoms with van der Waals surface area (Å²) >= 11 is 0. The van der Waals surface area contributed by atoms with Gasteiger partial charge in [0, 0.05) is 12.5 Å². The van der Waals surface area contributed by atoms with E-state index in [1.165, 1.54) is 18.2 Å². The molecule has 0 saturated carbocycles. The zero-order valence-electron chi connectivity index (χ0n) is 9.78. The van der Waals surface area contributed by atoms with Crippen molar-refractivity contribution in [2.45, 2.75) is 12.6 Å². The topological polar surface area (TPSA) is 77.8 Å². The summed E-state index contributed by atoms with van der Waals surface area (Å²) < 4.78 is 37.2. The number of nitrogen functional groups attached to an aromatic ring is 2. The number of nitrogens with zero attached hydrogens (tertiary/aromatic N) is 2. The lowest BCUT2D eigenvalue weighted by Crippen LogP contribution is -2.06. The minimum atomic E-state index is -4.34. The molecule has 0 bridgehead atoms. The van der Waals surface area contributed by atoms with Gasteiger partial charge in [0.25, 0.3) is 0 Å². The average Bonchev–Trinajstić information content (AvgIpc) is 2.26. The first-order chi connectivity index (χ1) is 8.84. The maximum absolute atomic E-state index is 12.4.